The van der Waals surface area contributed by atoms with Crippen LogP contribution < -0.4 is 4.74 Å². The molecule has 1 amide bonds. The molecule has 1 aromatic rings. The van der Waals surface area contributed by atoms with E-state index >= 15 is 0 Å². The van der Waals surface area contributed by atoms with Gasteiger partial charge in [-0.1, -0.05) is 0 Å². The van der Waals surface area contributed by atoms with E-state index in [0.29, 0.717) is 4.90 Å². The Balaban J connectivity index is 1.90. The van der Waals surface area contributed by atoms with E-state index in [0.717, 1.165) is 6.20 Å². The molecular formula is C9H8F3N3O4. The first-order chi connectivity index (χ1) is 8.79. The molecule has 0 atom stereocenters. The number of alkyl halides is 3. The van der Waals surface area contributed by atoms with E-state index in [-0.39, 0.29) is 24.5 Å². The van der Waals surface area contributed by atoms with Crippen LogP contribution in [0.3, 0.4) is 0 Å². The Morgan fingerprint density at radius 3 is 2.63 bits per heavy atom. The van der Waals surface area contributed by atoms with Gasteiger partial charge in [0, 0.05) is 0 Å². The van der Waals surface area contributed by atoms with Gasteiger partial charge in [-0.25, -0.2) is 9.89 Å². The van der Waals surface area contributed by atoms with Crippen LogP contribution in [0.5, 0.6) is 5.88 Å². The van der Waals surface area contributed by atoms with E-state index in [1.165, 1.54) is 0 Å². The van der Waals surface area contributed by atoms with Crippen molar-refractivity contribution in [2.45, 2.75) is 12.3 Å². The number of aromatic nitrogens is 2. The lowest BCUT2D eigenvalue weighted by molar-refractivity contribution is -0.193. The fraction of sp³-hybridized carbons (Fsp3) is 0.444. The number of carboxylic acids is 1. The van der Waals surface area contributed by atoms with Crippen LogP contribution in [0.1, 0.15) is 10.4 Å². The van der Waals surface area contributed by atoms with Crippen molar-refractivity contribution in [1.29, 1.82) is 0 Å². The minimum atomic E-state index is -4.91. The fourth-order valence-corrected chi connectivity index (χ4v) is 1.54. The lowest BCUT2D eigenvalue weighted by Gasteiger charge is -2.38. The Morgan fingerprint density at radius 1 is 1.47 bits per heavy atom. The van der Waals surface area contributed by atoms with Crippen molar-refractivity contribution in [3.05, 3.63) is 11.8 Å². The van der Waals surface area contributed by atoms with Crippen molar-refractivity contribution in [1.82, 2.24) is 15.1 Å². The maximum atomic E-state index is 12.1. The third-order valence-electron chi connectivity index (χ3n) is 2.50. The maximum Gasteiger partial charge on any atom is 0.471 e. The second kappa shape index (κ2) is 4.44. The SMILES string of the molecule is O=C(O)c1cn[nH]c1OC1CN(C(=O)C(F)(F)F)C1. The van der Waals surface area contributed by atoms with Crippen LogP contribution >= 0.6 is 0 Å². The molecule has 2 heterocycles. The molecule has 0 aromatic carbocycles. The number of hydrogen-bond donors (Lipinski definition) is 2. The van der Waals surface area contributed by atoms with Gasteiger partial charge in [0.15, 0.2) is 0 Å². The summed E-state index contributed by atoms with van der Waals surface area (Å²) in [6.07, 6.45) is -4.58. The number of aromatic carboxylic acids is 1. The predicted octanol–water partition coefficient (Wildman–Crippen LogP) is 0.260. The van der Waals surface area contributed by atoms with Crippen LogP contribution in [0, 0.1) is 0 Å². The van der Waals surface area contributed by atoms with Gasteiger partial charge in [-0.15, -0.1) is 0 Å². The number of halogens is 3. The molecule has 0 bridgehead atoms. The van der Waals surface area contributed by atoms with Gasteiger partial charge in [-0.05, 0) is 0 Å². The van der Waals surface area contributed by atoms with Gasteiger partial charge in [-0.3, -0.25) is 4.79 Å². The third-order valence-corrected chi connectivity index (χ3v) is 2.50. The van der Waals surface area contributed by atoms with Crippen molar-refractivity contribution < 1.29 is 32.6 Å². The number of rotatable bonds is 3. The standard InChI is InChI=1S/C9H8F3N3O4/c10-9(11,12)8(18)15-2-4(3-15)19-6-5(7(16)17)1-13-14-6/h1,4H,2-3H2,(H,13,14)(H,16,17). The average molecular weight is 279 g/mol. The summed E-state index contributed by atoms with van der Waals surface area (Å²) in [6, 6.07) is 0. The molecule has 0 unspecified atom stereocenters. The molecule has 10 heteroatoms. The van der Waals surface area contributed by atoms with Crippen LogP contribution in [0.2, 0.25) is 0 Å². The number of amides is 1. The van der Waals surface area contributed by atoms with E-state index in [1.54, 1.807) is 0 Å². The van der Waals surface area contributed by atoms with Crippen molar-refractivity contribution in [3.63, 3.8) is 0 Å². The van der Waals surface area contributed by atoms with E-state index in [4.69, 9.17) is 9.84 Å². The Kier molecular flexibility index (Phi) is 3.08. The van der Waals surface area contributed by atoms with Crippen molar-refractivity contribution in [2.24, 2.45) is 0 Å². The van der Waals surface area contributed by atoms with Gasteiger partial charge in [0.05, 0.1) is 19.3 Å². The highest BCUT2D eigenvalue weighted by atomic mass is 19.4. The number of aromatic amines is 1. The van der Waals surface area contributed by atoms with E-state index < -0.39 is 24.2 Å². The highest BCUT2D eigenvalue weighted by Gasteiger charge is 2.47. The predicted molar refractivity (Wildman–Crippen MR) is 52.6 cm³/mol. The van der Waals surface area contributed by atoms with Crippen LogP contribution in [0.15, 0.2) is 6.20 Å². The van der Waals surface area contributed by atoms with Gasteiger partial charge >= 0.3 is 18.1 Å². The molecule has 1 aliphatic heterocycles. The summed E-state index contributed by atoms with van der Waals surface area (Å²) in [4.78, 5) is 22.1. The van der Waals surface area contributed by atoms with Gasteiger partial charge in [-0.2, -0.15) is 18.3 Å². The number of ether oxygens (including phenoxy) is 1. The minimum absolute atomic E-state index is 0.142. The molecule has 1 aromatic heterocycles. The molecule has 1 fully saturated rings. The molecule has 104 valence electrons. The summed E-state index contributed by atoms with van der Waals surface area (Å²) in [6.45, 7) is -0.507. The van der Waals surface area contributed by atoms with Gasteiger partial charge in [0.25, 0.3) is 0 Å². The summed E-state index contributed by atoms with van der Waals surface area (Å²) in [5.74, 6) is -3.35. The van der Waals surface area contributed by atoms with Crippen molar-refractivity contribution in [2.75, 3.05) is 13.1 Å². The summed E-state index contributed by atoms with van der Waals surface area (Å²) in [7, 11) is 0. The number of nitrogens with zero attached hydrogens (tertiary/aromatic N) is 2. The Bertz CT molecular complexity index is 507. The molecule has 1 saturated heterocycles. The average Bonchev–Trinajstić information content (AvgIpc) is 2.68. The molecule has 2 N–H and O–H groups in total. The topological polar surface area (TPSA) is 95.5 Å². The number of likely N-dealkylation sites (tertiary alicyclic amines) is 1. The molecule has 0 spiro atoms. The lowest BCUT2D eigenvalue weighted by Crippen LogP contribution is -2.59. The van der Waals surface area contributed by atoms with E-state index in [9.17, 15) is 22.8 Å². The molecule has 2 rings (SSSR count). The summed E-state index contributed by atoms with van der Waals surface area (Å²) in [5, 5.41) is 14.5. The Morgan fingerprint density at radius 2 is 2.11 bits per heavy atom. The zero-order valence-corrected chi connectivity index (χ0v) is 9.27. The highest BCUT2D eigenvalue weighted by molar-refractivity contribution is 5.89. The number of hydrogen-bond acceptors (Lipinski definition) is 4. The lowest BCUT2D eigenvalue weighted by atomic mass is 10.1. The van der Waals surface area contributed by atoms with E-state index in [1.807, 2.05) is 0 Å². The van der Waals surface area contributed by atoms with E-state index in [2.05, 4.69) is 10.2 Å². The maximum absolute atomic E-state index is 12.1. The van der Waals surface area contributed by atoms with Gasteiger partial charge < -0.3 is 14.7 Å². The molecule has 0 aliphatic carbocycles. The van der Waals surface area contributed by atoms with Crippen molar-refractivity contribution in [3.8, 4) is 5.88 Å². The number of carboxylic acid groups (broad SMARTS) is 1. The normalized spacial score (nSPS) is 16.1. The summed E-state index contributed by atoms with van der Waals surface area (Å²) >= 11 is 0. The van der Waals surface area contributed by atoms with Gasteiger partial charge in [0.1, 0.15) is 11.7 Å². The number of carbonyl (C=O) groups is 2. The zero-order valence-electron chi connectivity index (χ0n) is 9.27. The smallest absolute Gasteiger partial charge is 0.471 e. The number of nitrogens with one attached hydrogen (secondary N) is 1. The fourth-order valence-electron chi connectivity index (χ4n) is 1.54. The summed E-state index contributed by atoms with van der Waals surface area (Å²) < 4.78 is 41.3. The third kappa shape index (κ3) is 2.61. The summed E-state index contributed by atoms with van der Waals surface area (Å²) in [5.41, 5.74) is -0.222. The zero-order chi connectivity index (χ0) is 14.2. The highest BCUT2D eigenvalue weighted by Crippen LogP contribution is 2.25. The molecule has 0 radical (unpaired) electrons. The first-order valence-electron chi connectivity index (χ1n) is 5.08. The van der Waals surface area contributed by atoms with Crippen LogP contribution in [0.4, 0.5) is 13.2 Å². The Hall–Kier alpha value is -2.26. The quantitative estimate of drug-likeness (QED) is 0.827. The second-order valence-corrected chi connectivity index (χ2v) is 3.87. The largest absolute Gasteiger partial charge is 0.477 e. The molecule has 7 nitrogen and oxygen atoms in total. The first-order valence-corrected chi connectivity index (χ1v) is 5.08. The molecule has 19 heavy (non-hydrogen) atoms. The second-order valence-electron chi connectivity index (χ2n) is 3.87. The Labute approximate surface area is 103 Å². The number of H-pyrrole nitrogens is 1. The van der Waals surface area contributed by atoms with Gasteiger partial charge in [0.2, 0.25) is 5.88 Å². The van der Waals surface area contributed by atoms with Crippen LogP contribution in [0.25, 0.3) is 0 Å². The van der Waals surface area contributed by atoms with Crippen LogP contribution in [-0.4, -0.2) is 57.5 Å². The minimum Gasteiger partial charge on any atom is -0.477 e. The number of carbonyl (C=O) groups excluding carboxylic acids is 1. The van der Waals surface area contributed by atoms with Crippen molar-refractivity contribution >= 4 is 11.9 Å². The molecule has 1 aliphatic rings. The van der Waals surface area contributed by atoms with Crippen LogP contribution in [-0.2, 0) is 4.79 Å². The monoisotopic (exact) mass is 279 g/mol. The molecular weight excluding hydrogens is 271 g/mol. The first kappa shape index (κ1) is 13.2. The molecule has 0 saturated carbocycles.